The van der Waals surface area contributed by atoms with Gasteiger partial charge >= 0.3 is 0 Å². The maximum atomic E-state index is 10.2. The third kappa shape index (κ3) is 5.03. The average Bonchev–Trinajstić information content (AvgIpc) is 3.32. The van der Waals surface area contributed by atoms with Gasteiger partial charge in [0.05, 0.1) is 24.0 Å². The van der Waals surface area contributed by atoms with E-state index in [1.807, 2.05) is 48.5 Å². The highest BCUT2D eigenvalue weighted by molar-refractivity contribution is 5.83. The molecule has 5 rings (SSSR count). The average molecular weight is 488 g/mol. The second-order valence-electron chi connectivity index (χ2n) is 9.30. The first-order chi connectivity index (χ1) is 17.6. The highest BCUT2D eigenvalue weighted by Crippen LogP contribution is 2.39. The van der Waals surface area contributed by atoms with Crippen molar-refractivity contribution in [1.82, 2.24) is 10.3 Å². The summed E-state index contributed by atoms with van der Waals surface area (Å²) in [5, 5.41) is 15.3. The molecule has 1 aliphatic rings. The molecule has 0 saturated carbocycles. The number of phenols is 1. The molecule has 2 heterocycles. The number of unbranched alkanes of at least 4 members (excludes halogenated alkanes) is 1. The molecular weight excluding hydrogens is 454 g/mol. The van der Waals surface area contributed by atoms with Crippen molar-refractivity contribution in [2.75, 3.05) is 25.3 Å². The molecule has 0 radical (unpaired) electrons. The van der Waals surface area contributed by atoms with Gasteiger partial charge in [-0.3, -0.25) is 4.84 Å². The molecule has 0 aliphatic carbocycles. The van der Waals surface area contributed by atoms with E-state index < -0.39 is 0 Å². The fourth-order valence-electron chi connectivity index (χ4n) is 4.89. The number of nitrogens with zero attached hydrogens (tertiary/aromatic N) is 2. The van der Waals surface area contributed by atoms with Gasteiger partial charge in [-0.25, -0.2) is 10.0 Å². The second-order valence-corrected chi connectivity index (χ2v) is 9.30. The number of piperidine rings is 1. The summed E-state index contributed by atoms with van der Waals surface area (Å²) >= 11 is 0. The number of oxazole rings is 1. The standard InChI is InChI=1S/C29H33N3O4/c1-3-4-14-29(15-17-30-18-16-29)36-23-11-13-25-27(20-23)35-28(31-25)24-12-10-22(33)19-26(24)32(34-2)21-8-6-5-7-9-21/h5-13,19-20,30,33H,3-4,14-18H2,1-2H3. The van der Waals surface area contributed by atoms with Gasteiger partial charge in [0.2, 0.25) is 5.89 Å². The summed E-state index contributed by atoms with van der Waals surface area (Å²) in [6.45, 7) is 4.16. The van der Waals surface area contributed by atoms with Gasteiger partial charge in [-0.05, 0) is 75.2 Å². The Bertz CT molecular complexity index is 1300. The number of fused-ring (bicyclic) bond motifs is 1. The van der Waals surface area contributed by atoms with Gasteiger partial charge in [-0.2, -0.15) is 0 Å². The molecule has 1 saturated heterocycles. The van der Waals surface area contributed by atoms with Gasteiger partial charge in [0.1, 0.15) is 22.6 Å². The number of phenolic OH excluding ortho intramolecular Hbond substituents is 1. The summed E-state index contributed by atoms with van der Waals surface area (Å²) in [5.41, 5.74) is 3.40. The van der Waals surface area contributed by atoms with Crippen molar-refractivity contribution in [3.8, 4) is 23.0 Å². The molecule has 7 heteroatoms. The van der Waals surface area contributed by atoms with E-state index in [9.17, 15) is 5.11 Å². The Morgan fingerprint density at radius 3 is 2.61 bits per heavy atom. The zero-order chi connectivity index (χ0) is 25.0. The molecule has 0 atom stereocenters. The Hall–Kier alpha value is -3.55. The number of para-hydroxylation sites is 1. The lowest BCUT2D eigenvalue weighted by molar-refractivity contribution is 0.0265. The van der Waals surface area contributed by atoms with E-state index in [1.165, 1.54) is 0 Å². The molecule has 188 valence electrons. The van der Waals surface area contributed by atoms with Gasteiger partial charge in [-0.1, -0.05) is 31.5 Å². The smallest absolute Gasteiger partial charge is 0.229 e. The van der Waals surface area contributed by atoms with Crippen LogP contribution in [-0.4, -0.2) is 35.9 Å². The molecule has 0 unspecified atom stereocenters. The number of aromatic nitrogens is 1. The van der Waals surface area contributed by atoms with Crippen molar-refractivity contribution in [2.24, 2.45) is 0 Å². The third-order valence-electron chi connectivity index (χ3n) is 6.80. The Labute approximate surface area is 211 Å². The van der Waals surface area contributed by atoms with Crippen LogP contribution in [0.2, 0.25) is 0 Å². The zero-order valence-corrected chi connectivity index (χ0v) is 20.9. The van der Waals surface area contributed by atoms with Crippen molar-refractivity contribution < 1.29 is 19.1 Å². The van der Waals surface area contributed by atoms with Crippen LogP contribution in [-0.2, 0) is 4.84 Å². The topological polar surface area (TPSA) is 80.0 Å². The minimum Gasteiger partial charge on any atom is -0.508 e. The van der Waals surface area contributed by atoms with Crippen molar-refractivity contribution >= 4 is 22.5 Å². The van der Waals surface area contributed by atoms with Gasteiger partial charge in [0.25, 0.3) is 0 Å². The van der Waals surface area contributed by atoms with Crippen molar-refractivity contribution in [2.45, 2.75) is 44.6 Å². The summed E-state index contributed by atoms with van der Waals surface area (Å²) in [6, 6.07) is 20.6. The summed E-state index contributed by atoms with van der Waals surface area (Å²) in [5.74, 6) is 1.37. The highest BCUT2D eigenvalue weighted by atomic mass is 16.7. The number of hydrogen-bond donors (Lipinski definition) is 2. The molecule has 0 spiro atoms. The van der Waals surface area contributed by atoms with Crippen LogP contribution in [0, 0.1) is 0 Å². The molecule has 2 N–H and O–H groups in total. The van der Waals surface area contributed by atoms with E-state index in [2.05, 4.69) is 12.2 Å². The van der Waals surface area contributed by atoms with Gasteiger partial charge in [-0.15, -0.1) is 0 Å². The van der Waals surface area contributed by atoms with Crippen LogP contribution in [0.5, 0.6) is 11.5 Å². The van der Waals surface area contributed by atoms with E-state index >= 15 is 0 Å². The highest BCUT2D eigenvalue weighted by Gasteiger charge is 2.33. The maximum Gasteiger partial charge on any atom is 0.229 e. The van der Waals surface area contributed by atoms with Crippen molar-refractivity contribution in [1.29, 1.82) is 0 Å². The Morgan fingerprint density at radius 2 is 1.86 bits per heavy atom. The number of anilines is 2. The molecule has 1 aliphatic heterocycles. The number of hydrogen-bond acceptors (Lipinski definition) is 7. The predicted molar refractivity (Wildman–Crippen MR) is 142 cm³/mol. The number of benzene rings is 3. The van der Waals surface area contributed by atoms with E-state index in [-0.39, 0.29) is 11.4 Å². The fraction of sp³-hybridized carbons (Fsp3) is 0.345. The number of nitrogens with one attached hydrogen (secondary N) is 1. The summed E-state index contributed by atoms with van der Waals surface area (Å²) in [7, 11) is 1.59. The Morgan fingerprint density at radius 1 is 1.06 bits per heavy atom. The molecule has 4 aromatic rings. The predicted octanol–water partition coefficient (Wildman–Crippen LogP) is 6.59. The van der Waals surface area contributed by atoms with E-state index in [0.717, 1.165) is 62.1 Å². The van der Waals surface area contributed by atoms with Gasteiger partial charge in [0, 0.05) is 12.1 Å². The Balaban J connectivity index is 1.49. The first-order valence-corrected chi connectivity index (χ1v) is 12.6. The molecule has 0 bridgehead atoms. The van der Waals surface area contributed by atoms with Crippen molar-refractivity contribution in [3.05, 3.63) is 66.7 Å². The fourth-order valence-corrected chi connectivity index (χ4v) is 4.89. The summed E-state index contributed by atoms with van der Waals surface area (Å²) in [6.07, 6.45) is 5.34. The molecule has 7 nitrogen and oxygen atoms in total. The number of rotatable bonds is 9. The largest absolute Gasteiger partial charge is 0.508 e. The summed E-state index contributed by atoms with van der Waals surface area (Å²) in [4.78, 5) is 10.4. The number of ether oxygens (including phenoxy) is 1. The van der Waals surface area contributed by atoms with E-state index in [0.29, 0.717) is 22.7 Å². The first kappa shape index (κ1) is 24.2. The van der Waals surface area contributed by atoms with Crippen LogP contribution >= 0.6 is 0 Å². The monoisotopic (exact) mass is 487 g/mol. The third-order valence-corrected chi connectivity index (χ3v) is 6.80. The lowest BCUT2D eigenvalue weighted by atomic mass is 9.87. The van der Waals surface area contributed by atoms with Crippen LogP contribution in [0.1, 0.15) is 39.0 Å². The maximum absolute atomic E-state index is 10.2. The molecular formula is C29H33N3O4. The van der Waals surface area contributed by atoms with Crippen LogP contribution in [0.3, 0.4) is 0 Å². The van der Waals surface area contributed by atoms with E-state index in [1.54, 1.807) is 30.4 Å². The second kappa shape index (κ2) is 10.6. The minimum atomic E-state index is -0.142. The lowest BCUT2D eigenvalue weighted by Crippen LogP contribution is -2.46. The van der Waals surface area contributed by atoms with Crippen LogP contribution in [0.4, 0.5) is 11.4 Å². The molecule has 1 aromatic heterocycles. The van der Waals surface area contributed by atoms with Gasteiger partial charge < -0.3 is 19.6 Å². The van der Waals surface area contributed by atoms with Crippen LogP contribution in [0.15, 0.2) is 71.1 Å². The molecule has 0 amide bonds. The SMILES string of the molecule is CCCCC1(Oc2ccc3nc(-c4ccc(O)cc4N(OC)c4ccccc4)oc3c2)CCNCC1. The normalized spacial score (nSPS) is 15.2. The lowest BCUT2D eigenvalue weighted by Gasteiger charge is -2.38. The number of aromatic hydroxyl groups is 1. The molecule has 3 aromatic carbocycles. The Kier molecular flexibility index (Phi) is 7.11. The van der Waals surface area contributed by atoms with Crippen LogP contribution in [0.25, 0.3) is 22.6 Å². The zero-order valence-electron chi connectivity index (χ0n) is 20.9. The quantitative estimate of drug-likeness (QED) is 0.258. The minimum absolute atomic E-state index is 0.123. The van der Waals surface area contributed by atoms with Crippen LogP contribution < -0.4 is 15.1 Å². The molecule has 1 fully saturated rings. The summed E-state index contributed by atoms with van der Waals surface area (Å²) < 4.78 is 12.9. The van der Waals surface area contributed by atoms with Gasteiger partial charge in [0.15, 0.2) is 5.58 Å². The van der Waals surface area contributed by atoms with E-state index in [4.69, 9.17) is 19.0 Å². The first-order valence-electron chi connectivity index (χ1n) is 12.6. The van der Waals surface area contributed by atoms with Crippen molar-refractivity contribution in [3.63, 3.8) is 0 Å². The molecule has 36 heavy (non-hydrogen) atoms.